The van der Waals surface area contributed by atoms with Gasteiger partial charge in [-0.2, -0.15) is 0 Å². The molecule has 28 heavy (non-hydrogen) atoms. The zero-order chi connectivity index (χ0) is 19.4. The molecular formula is C23H28N2O3. The van der Waals surface area contributed by atoms with Crippen molar-refractivity contribution in [2.24, 2.45) is 0 Å². The zero-order valence-electron chi connectivity index (χ0n) is 16.4. The van der Waals surface area contributed by atoms with Crippen molar-refractivity contribution in [2.45, 2.75) is 31.0 Å². The van der Waals surface area contributed by atoms with Crippen LogP contribution in [0.3, 0.4) is 0 Å². The Kier molecular flexibility index (Phi) is 5.76. The molecule has 1 N–H and O–H groups in total. The zero-order valence-corrected chi connectivity index (χ0v) is 16.4. The molecule has 1 saturated heterocycles. The van der Waals surface area contributed by atoms with Gasteiger partial charge in [0, 0.05) is 25.9 Å². The van der Waals surface area contributed by atoms with E-state index in [4.69, 9.17) is 9.47 Å². The van der Waals surface area contributed by atoms with Gasteiger partial charge in [0.1, 0.15) is 5.54 Å². The van der Waals surface area contributed by atoms with Gasteiger partial charge in [-0.15, -0.1) is 0 Å². The van der Waals surface area contributed by atoms with Crippen molar-refractivity contribution in [1.29, 1.82) is 0 Å². The van der Waals surface area contributed by atoms with Gasteiger partial charge >= 0.3 is 0 Å². The first-order chi connectivity index (χ1) is 13.7. The molecule has 2 aliphatic rings. The smallest absolute Gasteiger partial charge is 0.241 e. The lowest BCUT2D eigenvalue weighted by atomic mass is 9.91. The largest absolute Gasteiger partial charge is 0.376 e. The van der Waals surface area contributed by atoms with E-state index >= 15 is 0 Å². The summed E-state index contributed by atoms with van der Waals surface area (Å²) in [5.74, 6) is 0.0660. The monoisotopic (exact) mass is 380 g/mol. The second-order valence-electron chi connectivity index (χ2n) is 7.77. The first-order valence-corrected chi connectivity index (χ1v) is 9.97. The number of fused-ring (bicyclic) bond motifs is 1. The van der Waals surface area contributed by atoms with Gasteiger partial charge in [-0.05, 0) is 23.7 Å². The van der Waals surface area contributed by atoms with Crippen LogP contribution in [0, 0.1) is 0 Å². The standard InChI is InChI=1S/C23H28N2O3/c1-25(16-18-7-3-2-4-8-18)23(13-19-9-5-6-10-20(19)14-23)22(26)24-15-21-17-27-11-12-28-21/h2-10,21H,11-17H2,1H3,(H,24,26)/t21-/m1/s1. The number of carbonyl (C=O) groups is 1. The van der Waals surface area contributed by atoms with Crippen LogP contribution in [0.15, 0.2) is 54.6 Å². The van der Waals surface area contributed by atoms with Gasteiger partial charge in [0.15, 0.2) is 0 Å². The quantitative estimate of drug-likeness (QED) is 0.835. The second kappa shape index (κ2) is 8.43. The van der Waals surface area contributed by atoms with Crippen molar-refractivity contribution < 1.29 is 14.3 Å². The van der Waals surface area contributed by atoms with Gasteiger partial charge in [0.05, 0.1) is 25.9 Å². The molecule has 5 heteroatoms. The Morgan fingerprint density at radius 2 is 1.75 bits per heavy atom. The summed E-state index contributed by atoms with van der Waals surface area (Å²) in [5, 5.41) is 3.15. The Morgan fingerprint density at radius 3 is 2.39 bits per heavy atom. The van der Waals surface area contributed by atoms with Gasteiger partial charge in [0.2, 0.25) is 5.91 Å². The van der Waals surface area contributed by atoms with Gasteiger partial charge < -0.3 is 14.8 Å². The lowest BCUT2D eigenvalue weighted by Crippen LogP contribution is -2.59. The summed E-state index contributed by atoms with van der Waals surface area (Å²) in [5.41, 5.74) is 3.14. The van der Waals surface area contributed by atoms with E-state index < -0.39 is 5.54 Å². The molecule has 1 aliphatic heterocycles. The lowest BCUT2D eigenvalue weighted by molar-refractivity contribution is -0.135. The Bertz CT molecular complexity index is 778. The third kappa shape index (κ3) is 3.97. The number of nitrogens with zero attached hydrogens (tertiary/aromatic N) is 1. The molecule has 4 rings (SSSR count). The summed E-state index contributed by atoms with van der Waals surface area (Å²) in [7, 11) is 2.05. The molecule has 1 amide bonds. The van der Waals surface area contributed by atoms with Crippen molar-refractivity contribution >= 4 is 5.91 Å². The maximum absolute atomic E-state index is 13.5. The van der Waals surface area contributed by atoms with Crippen LogP contribution in [-0.4, -0.2) is 55.9 Å². The average Bonchev–Trinajstić information content (AvgIpc) is 3.14. The highest BCUT2D eigenvalue weighted by Gasteiger charge is 2.47. The molecule has 0 bridgehead atoms. The summed E-state index contributed by atoms with van der Waals surface area (Å²) < 4.78 is 11.1. The fraction of sp³-hybridized carbons (Fsp3) is 0.435. The molecule has 5 nitrogen and oxygen atoms in total. The van der Waals surface area contributed by atoms with E-state index in [0.29, 0.717) is 26.4 Å². The lowest BCUT2D eigenvalue weighted by Gasteiger charge is -2.38. The van der Waals surface area contributed by atoms with Crippen LogP contribution in [0.5, 0.6) is 0 Å². The number of likely N-dealkylation sites (N-methyl/N-ethyl adjacent to an activating group) is 1. The topological polar surface area (TPSA) is 50.8 Å². The van der Waals surface area contributed by atoms with Crippen LogP contribution in [0.2, 0.25) is 0 Å². The van der Waals surface area contributed by atoms with E-state index in [9.17, 15) is 4.79 Å². The number of amides is 1. The molecule has 1 fully saturated rings. The molecule has 1 heterocycles. The van der Waals surface area contributed by atoms with E-state index in [0.717, 1.165) is 19.4 Å². The summed E-state index contributed by atoms with van der Waals surface area (Å²) in [6, 6.07) is 18.7. The summed E-state index contributed by atoms with van der Waals surface area (Å²) in [4.78, 5) is 15.7. The van der Waals surface area contributed by atoms with Crippen molar-refractivity contribution in [3.63, 3.8) is 0 Å². The van der Waals surface area contributed by atoms with E-state index in [1.54, 1.807) is 0 Å². The highest BCUT2D eigenvalue weighted by Crippen LogP contribution is 2.35. The van der Waals surface area contributed by atoms with E-state index in [1.807, 2.05) is 18.2 Å². The predicted octanol–water partition coefficient (Wildman–Crippen LogP) is 2.19. The first kappa shape index (κ1) is 19.1. The molecule has 0 aromatic heterocycles. The number of carbonyl (C=O) groups excluding carboxylic acids is 1. The SMILES string of the molecule is CN(Cc1ccccc1)C1(C(=O)NC[C@@H]2COCCO2)Cc2ccccc2C1. The van der Waals surface area contributed by atoms with Crippen LogP contribution in [0.25, 0.3) is 0 Å². The normalized spacial score (nSPS) is 20.7. The Balaban J connectivity index is 1.52. The van der Waals surface area contributed by atoms with Crippen LogP contribution >= 0.6 is 0 Å². The molecule has 148 valence electrons. The van der Waals surface area contributed by atoms with Crippen LogP contribution in [0.1, 0.15) is 16.7 Å². The molecule has 0 saturated carbocycles. The number of hydrogen-bond acceptors (Lipinski definition) is 4. The molecule has 0 unspecified atom stereocenters. The molecule has 2 aromatic carbocycles. The third-order valence-corrected chi connectivity index (χ3v) is 5.88. The fourth-order valence-electron chi connectivity index (χ4n) is 4.23. The number of benzene rings is 2. The Morgan fingerprint density at radius 1 is 1.07 bits per heavy atom. The minimum Gasteiger partial charge on any atom is -0.376 e. The van der Waals surface area contributed by atoms with Crippen molar-refractivity contribution in [3.05, 3.63) is 71.3 Å². The third-order valence-electron chi connectivity index (χ3n) is 5.88. The highest BCUT2D eigenvalue weighted by molar-refractivity contribution is 5.88. The van der Waals surface area contributed by atoms with Gasteiger partial charge in [0.25, 0.3) is 0 Å². The molecule has 1 atom stereocenters. The molecule has 0 spiro atoms. The number of nitrogens with one attached hydrogen (secondary N) is 1. The maximum Gasteiger partial charge on any atom is 0.241 e. The van der Waals surface area contributed by atoms with Crippen molar-refractivity contribution in [2.75, 3.05) is 33.4 Å². The summed E-state index contributed by atoms with van der Waals surface area (Å²) >= 11 is 0. The Hall–Kier alpha value is -2.21. The van der Waals surface area contributed by atoms with E-state index in [1.165, 1.54) is 16.7 Å². The minimum absolute atomic E-state index is 0.0660. The van der Waals surface area contributed by atoms with Gasteiger partial charge in [-0.1, -0.05) is 54.6 Å². The molecular weight excluding hydrogens is 352 g/mol. The summed E-state index contributed by atoms with van der Waals surface area (Å²) in [6.07, 6.45) is 1.37. The number of ether oxygens (including phenoxy) is 2. The summed E-state index contributed by atoms with van der Waals surface area (Å²) in [6.45, 7) is 2.96. The van der Waals surface area contributed by atoms with Crippen molar-refractivity contribution in [1.82, 2.24) is 10.2 Å². The molecule has 2 aromatic rings. The van der Waals surface area contributed by atoms with Crippen LogP contribution in [-0.2, 0) is 33.7 Å². The number of rotatable bonds is 6. The average molecular weight is 380 g/mol. The molecule has 1 aliphatic carbocycles. The highest BCUT2D eigenvalue weighted by atomic mass is 16.6. The van der Waals surface area contributed by atoms with Crippen molar-refractivity contribution in [3.8, 4) is 0 Å². The first-order valence-electron chi connectivity index (χ1n) is 9.97. The van der Waals surface area contributed by atoms with E-state index in [2.05, 4.69) is 53.7 Å². The predicted molar refractivity (Wildman–Crippen MR) is 108 cm³/mol. The van der Waals surface area contributed by atoms with Gasteiger partial charge in [-0.3, -0.25) is 9.69 Å². The minimum atomic E-state index is -0.588. The van der Waals surface area contributed by atoms with Crippen LogP contribution < -0.4 is 5.32 Å². The molecule has 0 radical (unpaired) electrons. The fourth-order valence-corrected chi connectivity index (χ4v) is 4.23. The second-order valence-corrected chi connectivity index (χ2v) is 7.77. The van der Waals surface area contributed by atoms with E-state index in [-0.39, 0.29) is 12.0 Å². The van der Waals surface area contributed by atoms with Crippen LogP contribution in [0.4, 0.5) is 0 Å². The van der Waals surface area contributed by atoms with Gasteiger partial charge in [-0.25, -0.2) is 0 Å². The number of hydrogen-bond donors (Lipinski definition) is 1. The Labute approximate surface area is 166 Å². The maximum atomic E-state index is 13.5.